The second-order valence-corrected chi connectivity index (χ2v) is 15.2. The van der Waals surface area contributed by atoms with Crippen LogP contribution in [0.1, 0.15) is 24.8 Å². The third kappa shape index (κ3) is 8.43. The van der Waals surface area contributed by atoms with Crippen LogP contribution in [0.3, 0.4) is 0 Å². The van der Waals surface area contributed by atoms with Crippen molar-refractivity contribution < 1.29 is 49.3 Å². The minimum Gasteiger partial charge on any atom is -0.491 e. The maximum Gasteiger partial charge on any atom is 0.419 e. The average Bonchev–Trinajstić information content (AvgIpc) is 3.45. The zero-order chi connectivity index (χ0) is 33.9. The van der Waals surface area contributed by atoms with E-state index in [4.69, 9.17) is 14.2 Å². The second kappa shape index (κ2) is 14.1. The van der Waals surface area contributed by atoms with E-state index in [-0.39, 0.29) is 47.8 Å². The van der Waals surface area contributed by atoms with Crippen LogP contribution in [-0.4, -0.2) is 83.9 Å². The van der Waals surface area contributed by atoms with Gasteiger partial charge in [-0.2, -0.15) is 17.5 Å². The Morgan fingerprint density at radius 2 is 1.64 bits per heavy atom. The Balaban J connectivity index is 1.11. The van der Waals surface area contributed by atoms with Crippen LogP contribution in [0.4, 0.5) is 13.2 Å². The SMILES string of the molecule is CNS(=O)(=O)c1cccc(OCC(O)CNC2COC3(CCN(S(=O)(=O)c4cccc(Oc5ccccc5C(F)(F)F)c4)CC3)C2)c1. The second-order valence-electron chi connectivity index (χ2n) is 11.4. The molecule has 1 spiro atoms. The van der Waals surface area contributed by atoms with E-state index in [1.54, 1.807) is 12.1 Å². The largest absolute Gasteiger partial charge is 0.491 e. The molecule has 11 nitrogen and oxygen atoms in total. The molecule has 2 unspecified atom stereocenters. The Hall–Kier alpha value is -3.25. The minimum absolute atomic E-state index is 0.0351. The number of aliphatic hydroxyl groups excluding tert-OH is 1. The highest BCUT2D eigenvalue weighted by molar-refractivity contribution is 7.89. The topological polar surface area (TPSA) is 144 Å². The van der Waals surface area contributed by atoms with E-state index >= 15 is 0 Å². The molecule has 0 bridgehead atoms. The van der Waals surface area contributed by atoms with Gasteiger partial charge in [-0.1, -0.05) is 24.3 Å². The van der Waals surface area contributed by atoms with Gasteiger partial charge < -0.3 is 24.6 Å². The van der Waals surface area contributed by atoms with E-state index in [0.29, 0.717) is 31.6 Å². The fraction of sp³-hybridized carbons (Fsp3) is 0.419. The number of rotatable bonds is 12. The van der Waals surface area contributed by atoms with Gasteiger partial charge in [0.25, 0.3) is 0 Å². The van der Waals surface area contributed by atoms with Crippen molar-refractivity contribution >= 4 is 20.0 Å². The highest BCUT2D eigenvalue weighted by atomic mass is 32.2. The molecule has 2 heterocycles. The standard InChI is InChI=1S/C31H36F3N3O8S2/c1-35-46(39,40)26-8-4-6-24(16-26)43-21-23(38)19-36-22-18-30(44-20-22)12-14-37(15-13-30)47(41,42)27-9-5-7-25(17-27)45-29-11-3-2-10-28(29)31(32,33)34/h2-11,16-17,22-23,35-36,38H,12-15,18-21H2,1H3. The Kier molecular flexibility index (Phi) is 10.5. The Labute approximate surface area is 271 Å². The number of hydrogen-bond acceptors (Lipinski definition) is 9. The number of ether oxygens (including phenoxy) is 3. The maximum absolute atomic E-state index is 13.5. The lowest BCUT2D eigenvalue weighted by Gasteiger charge is -2.38. The summed E-state index contributed by atoms with van der Waals surface area (Å²) in [5.74, 6) is -0.160. The van der Waals surface area contributed by atoms with Gasteiger partial charge in [0.2, 0.25) is 20.0 Å². The molecule has 0 saturated carbocycles. The first kappa shape index (κ1) is 35.1. The van der Waals surface area contributed by atoms with E-state index in [9.17, 15) is 35.1 Å². The molecule has 2 saturated heterocycles. The molecular weight excluding hydrogens is 663 g/mol. The van der Waals surface area contributed by atoms with E-state index in [1.165, 1.54) is 66.0 Å². The highest BCUT2D eigenvalue weighted by Gasteiger charge is 2.45. The van der Waals surface area contributed by atoms with Crippen LogP contribution < -0.4 is 19.5 Å². The number of benzene rings is 3. The minimum atomic E-state index is -4.64. The molecule has 0 aliphatic carbocycles. The first-order valence-electron chi connectivity index (χ1n) is 14.9. The summed E-state index contributed by atoms with van der Waals surface area (Å²) >= 11 is 0. The number of alkyl halides is 3. The van der Waals surface area contributed by atoms with Crippen LogP contribution in [0.25, 0.3) is 0 Å². The predicted octanol–water partition coefficient (Wildman–Crippen LogP) is 3.75. The summed E-state index contributed by atoms with van der Waals surface area (Å²) in [7, 11) is -6.28. The first-order chi connectivity index (χ1) is 22.2. The lowest BCUT2D eigenvalue weighted by atomic mass is 9.88. The number of nitrogens with zero attached hydrogens (tertiary/aromatic N) is 1. The lowest BCUT2D eigenvalue weighted by molar-refractivity contribution is -0.138. The molecule has 256 valence electrons. The molecule has 3 N–H and O–H groups in total. The van der Waals surface area contributed by atoms with Gasteiger partial charge in [0.15, 0.2) is 0 Å². The van der Waals surface area contributed by atoms with Crippen molar-refractivity contribution in [2.24, 2.45) is 0 Å². The van der Waals surface area contributed by atoms with Crippen molar-refractivity contribution in [2.45, 2.75) is 53.0 Å². The van der Waals surface area contributed by atoms with Crippen LogP contribution in [0.15, 0.2) is 82.6 Å². The fourth-order valence-electron chi connectivity index (χ4n) is 5.62. The predicted molar refractivity (Wildman–Crippen MR) is 165 cm³/mol. The van der Waals surface area contributed by atoms with Crippen LogP contribution in [-0.2, 0) is 31.0 Å². The summed E-state index contributed by atoms with van der Waals surface area (Å²) in [5.41, 5.74) is -1.50. The third-order valence-electron chi connectivity index (χ3n) is 8.18. The molecule has 5 rings (SSSR count). The van der Waals surface area contributed by atoms with Gasteiger partial charge in [-0.05, 0) is 62.7 Å². The van der Waals surface area contributed by atoms with Gasteiger partial charge in [-0.3, -0.25) is 0 Å². The van der Waals surface area contributed by atoms with E-state index in [1.807, 2.05) is 0 Å². The molecule has 47 heavy (non-hydrogen) atoms. The number of para-hydroxylation sites is 1. The van der Waals surface area contributed by atoms with Crippen LogP contribution in [0.5, 0.6) is 17.2 Å². The number of piperidine rings is 1. The van der Waals surface area contributed by atoms with Crippen molar-refractivity contribution in [3.8, 4) is 17.2 Å². The lowest BCUT2D eigenvalue weighted by Crippen LogP contribution is -2.47. The van der Waals surface area contributed by atoms with E-state index in [2.05, 4.69) is 10.0 Å². The molecule has 2 atom stereocenters. The first-order valence-corrected chi connectivity index (χ1v) is 17.8. The van der Waals surface area contributed by atoms with Gasteiger partial charge in [0.1, 0.15) is 30.0 Å². The van der Waals surface area contributed by atoms with E-state index < -0.39 is 49.2 Å². The highest BCUT2D eigenvalue weighted by Crippen LogP contribution is 2.40. The van der Waals surface area contributed by atoms with Crippen molar-refractivity contribution in [3.63, 3.8) is 0 Å². The molecule has 2 aliphatic heterocycles. The molecule has 2 fully saturated rings. The summed E-state index contributed by atoms with van der Waals surface area (Å²) in [5, 5.41) is 13.7. The molecule has 0 aromatic heterocycles. The van der Waals surface area contributed by atoms with Gasteiger partial charge in [-0.25, -0.2) is 21.6 Å². The average molecular weight is 700 g/mol. The molecular formula is C31H36F3N3O8S2. The summed E-state index contributed by atoms with van der Waals surface area (Å²) in [6.45, 7) is 0.891. The van der Waals surface area contributed by atoms with Crippen molar-refractivity contribution in [1.29, 1.82) is 0 Å². The van der Waals surface area contributed by atoms with Gasteiger partial charge in [0, 0.05) is 37.8 Å². The van der Waals surface area contributed by atoms with Gasteiger partial charge >= 0.3 is 6.18 Å². The smallest absolute Gasteiger partial charge is 0.419 e. The summed E-state index contributed by atoms with van der Waals surface area (Å²) in [6.07, 6.45) is -4.03. The number of sulfonamides is 2. The number of aliphatic hydroxyl groups is 1. The quantitative estimate of drug-likeness (QED) is 0.258. The zero-order valence-electron chi connectivity index (χ0n) is 25.4. The van der Waals surface area contributed by atoms with Crippen molar-refractivity contribution in [1.82, 2.24) is 14.3 Å². The van der Waals surface area contributed by atoms with Crippen molar-refractivity contribution in [2.75, 3.05) is 39.9 Å². The Morgan fingerprint density at radius 1 is 0.979 bits per heavy atom. The van der Waals surface area contributed by atoms with Gasteiger partial charge in [-0.15, -0.1) is 0 Å². The summed E-state index contributed by atoms with van der Waals surface area (Å²) in [4.78, 5) is -0.0418. The summed E-state index contributed by atoms with van der Waals surface area (Å²) in [6, 6.07) is 16.0. The van der Waals surface area contributed by atoms with Crippen LogP contribution in [0.2, 0.25) is 0 Å². The van der Waals surface area contributed by atoms with Crippen LogP contribution in [0, 0.1) is 0 Å². The molecule has 0 radical (unpaired) electrons. The normalized spacial score (nSPS) is 19.5. The Morgan fingerprint density at radius 3 is 2.34 bits per heavy atom. The molecule has 3 aromatic rings. The van der Waals surface area contributed by atoms with Crippen molar-refractivity contribution in [3.05, 3.63) is 78.4 Å². The number of nitrogens with one attached hydrogen (secondary N) is 2. The zero-order valence-corrected chi connectivity index (χ0v) is 27.1. The number of hydrogen-bond donors (Lipinski definition) is 3. The monoisotopic (exact) mass is 699 g/mol. The maximum atomic E-state index is 13.5. The van der Waals surface area contributed by atoms with E-state index in [0.717, 1.165) is 6.07 Å². The molecule has 0 amide bonds. The fourth-order valence-corrected chi connectivity index (χ4v) is 7.87. The van der Waals surface area contributed by atoms with Crippen LogP contribution >= 0.6 is 0 Å². The molecule has 2 aliphatic rings. The summed E-state index contributed by atoms with van der Waals surface area (Å²) < 4.78 is 112. The number of halogens is 3. The molecule has 16 heteroatoms. The molecule has 3 aromatic carbocycles. The Bertz CT molecular complexity index is 1770. The van der Waals surface area contributed by atoms with Gasteiger partial charge in [0.05, 0.1) is 27.6 Å². The third-order valence-corrected chi connectivity index (χ3v) is 11.5.